The molecule has 170 valence electrons. The van der Waals surface area contributed by atoms with Crippen molar-refractivity contribution in [2.24, 2.45) is 0 Å². The van der Waals surface area contributed by atoms with Crippen LogP contribution in [-0.4, -0.2) is 46.5 Å². The first-order valence-corrected chi connectivity index (χ1v) is 11.0. The van der Waals surface area contributed by atoms with Crippen molar-refractivity contribution in [3.63, 3.8) is 0 Å². The Morgan fingerprint density at radius 1 is 0.688 bits per heavy atom. The van der Waals surface area contributed by atoms with Crippen molar-refractivity contribution < 1.29 is 24.8 Å². The second-order valence-electron chi connectivity index (χ2n) is 7.87. The minimum atomic E-state index is -1.64. The molecule has 0 saturated carbocycles. The van der Waals surface area contributed by atoms with Gasteiger partial charge in [0.05, 0.1) is 12.7 Å². The van der Waals surface area contributed by atoms with Crippen molar-refractivity contribution in [3.8, 4) is 0 Å². The van der Waals surface area contributed by atoms with E-state index in [9.17, 15) is 15.3 Å². The van der Waals surface area contributed by atoms with Gasteiger partial charge >= 0.3 is 0 Å². The molecule has 0 aliphatic rings. The number of aliphatic hydroxyl groups excluding tert-OH is 2. The minimum Gasteiger partial charge on any atom is -0.391 e. The van der Waals surface area contributed by atoms with Crippen LogP contribution in [0.3, 0.4) is 0 Å². The van der Waals surface area contributed by atoms with Gasteiger partial charge in [0.2, 0.25) is 0 Å². The Balaban J connectivity index is 2.06. The molecule has 3 aromatic carbocycles. The summed E-state index contributed by atoms with van der Waals surface area (Å²) in [6.07, 6.45) is -3.69. The van der Waals surface area contributed by atoms with Crippen molar-refractivity contribution >= 4 is 0 Å². The van der Waals surface area contributed by atoms with Crippen LogP contribution in [0.15, 0.2) is 91.0 Å². The molecular formula is C27H32O5. The zero-order chi connectivity index (χ0) is 23.0. The fourth-order valence-corrected chi connectivity index (χ4v) is 3.87. The summed E-state index contributed by atoms with van der Waals surface area (Å²) < 4.78 is 12.5. The number of ether oxygens (including phenoxy) is 2. The molecule has 5 heteroatoms. The first-order valence-electron chi connectivity index (χ1n) is 11.0. The normalized spacial score (nSPS) is 14.8. The predicted octanol–water partition coefficient (Wildman–Crippen LogP) is 3.85. The Labute approximate surface area is 189 Å². The summed E-state index contributed by atoms with van der Waals surface area (Å²) in [5, 5.41) is 29.6. The van der Waals surface area contributed by atoms with Crippen LogP contribution in [0.4, 0.5) is 0 Å². The average molecular weight is 437 g/mol. The molecule has 0 spiro atoms. The van der Waals surface area contributed by atoms with E-state index in [0.29, 0.717) is 6.42 Å². The summed E-state index contributed by atoms with van der Waals surface area (Å²) in [4.78, 5) is 0. The first kappa shape index (κ1) is 24.1. The minimum absolute atomic E-state index is 0.0412. The van der Waals surface area contributed by atoms with Crippen LogP contribution in [0.1, 0.15) is 37.0 Å². The Kier molecular flexibility index (Phi) is 8.56. The monoisotopic (exact) mass is 436 g/mol. The average Bonchev–Trinajstić information content (AvgIpc) is 2.83. The van der Waals surface area contributed by atoms with Crippen molar-refractivity contribution in [1.29, 1.82) is 0 Å². The lowest BCUT2D eigenvalue weighted by Crippen LogP contribution is -2.43. The summed E-state index contributed by atoms with van der Waals surface area (Å²) in [6, 6.07) is 29.8. The van der Waals surface area contributed by atoms with E-state index in [1.54, 1.807) is 13.8 Å². The van der Waals surface area contributed by atoms with E-state index >= 15 is 0 Å². The van der Waals surface area contributed by atoms with E-state index in [2.05, 4.69) is 0 Å². The van der Waals surface area contributed by atoms with Crippen molar-refractivity contribution in [2.75, 3.05) is 6.61 Å². The van der Waals surface area contributed by atoms with Crippen LogP contribution in [0.5, 0.6) is 0 Å². The fraction of sp³-hybridized carbons (Fsp3) is 0.333. The van der Waals surface area contributed by atoms with Crippen LogP contribution in [0.2, 0.25) is 0 Å². The molecule has 0 saturated heterocycles. The van der Waals surface area contributed by atoms with Crippen molar-refractivity contribution in [3.05, 3.63) is 108 Å². The van der Waals surface area contributed by atoms with E-state index in [4.69, 9.17) is 9.47 Å². The third-order valence-electron chi connectivity index (χ3n) is 5.63. The van der Waals surface area contributed by atoms with Crippen molar-refractivity contribution in [2.45, 2.75) is 50.5 Å². The van der Waals surface area contributed by atoms with Gasteiger partial charge in [-0.2, -0.15) is 0 Å². The number of hydrogen-bond donors (Lipinski definition) is 3. The number of rotatable bonds is 11. The summed E-state index contributed by atoms with van der Waals surface area (Å²) in [5.41, 5.74) is 1.88. The van der Waals surface area contributed by atoms with E-state index in [1.807, 2.05) is 91.0 Å². The molecular weight excluding hydrogens is 404 g/mol. The maximum atomic E-state index is 10.4. The summed E-state index contributed by atoms with van der Waals surface area (Å²) >= 11 is 0. The fourth-order valence-electron chi connectivity index (χ4n) is 3.87. The van der Waals surface area contributed by atoms with Gasteiger partial charge in [0.1, 0.15) is 17.8 Å². The lowest BCUT2D eigenvalue weighted by Gasteiger charge is -2.38. The van der Waals surface area contributed by atoms with Gasteiger partial charge in [0, 0.05) is 0 Å². The zero-order valence-corrected chi connectivity index (χ0v) is 18.5. The molecule has 3 N–H and O–H groups in total. The van der Waals surface area contributed by atoms with Gasteiger partial charge in [0.25, 0.3) is 0 Å². The number of hydrogen-bond acceptors (Lipinski definition) is 5. The standard InChI is InChI=1S/C27H32O5/c1-3-24(26(29)30)32-25(20(2)28)19-31-27(21-13-7-4-8-14-21,22-15-9-5-10-16-22)23-17-11-6-12-18-23/h4-18,20,24-26,28-30H,3,19H2,1-2H3/t20-,24?,25?/m0/s1. The Bertz CT molecular complexity index is 816. The Morgan fingerprint density at radius 2 is 1.09 bits per heavy atom. The van der Waals surface area contributed by atoms with Crippen LogP contribution in [-0.2, 0) is 15.1 Å². The number of benzene rings is 3. The topological polar surface area (TPSA) is 79.2 Å². The van der Waals surface area contributed by atoms with Gasteiger partial charge in [-0.15, -0.1) is 0 Å². The molecule has 0 bridgehead atoms. The van der Waals surface area contributed by atoms with E-state index in [1.165, 1.54) is 0 Å². The Morgan fingerprint density at radius 3 is 1.41 bits per heavy atom. The largest absolute Gasteiger partial charge is 0.391 e. The SMILES string of the molecule is CCC(OC(COC(c1ccccc1)(c1ccccc1)c1ccccc1)[C@H](C)O)C(O)O. The molecule has 0 amide bonds. The third-order valence-corrected chi connectivity index (χ3v) is 5.63. The van der Waals surface area contributed by atoms with Gasteiger partial charge in [-0.3, -0.25) is 0 Å². The van der Waals surface area contributed by atoms with Crippen molar-refractivity contribution in [1.82, 2.24) is 0 Å². The molecule has 0 aliphatic heterocycles. The van der Waals surface area contributed by atoms with E-state index in [0.717, 1.165) is 16.7 Å². The van der Waals surface area contributed by atoms with Crippen LogP contribution < -0.4 is 0 Å². The summed E-state index contributed by atoms with van der Waals surface area (Å²) in [5.74, 6) is 0. The molecule has 0 aromatic heterocycles. The van der Waals surface area contributed by atoms with Crippen LogP contribution >= 0.6 is 0 Å². The quantitative estimate of drug-likeness (QED) is 0.314. The predicted molar refractivity (Wildman–Crippen MR) is 124 cm³/mol. The maximum absolute atomic E-state index is 10.4. The van der Waals surface area contributed by atoms with Crippen LogP contribution in [0.25, 0.3) is 0 Å². The molecule has 0 heterocycles. The highest BCUT2D eigenvalue weighted by Crippen LogP contribution is 2.40. The Hall–Kier alpha value is -2.54. The van der Waals surface area contributed by atoms with Gasteiger partial charge < -0.3 is 24.8 Å². The smallest absolute Gasteiger partial charge is 0.178 e. The van der Waals surface area contributed by atoms with Crippen LogP contribution in [0, 0.1) is 0 Å². The van der Waals surface area contributed by atoms with Gasteiger partial charge in [0.15, 0.2) is 6.29 Å². The van der Waals surface area contributed by atoms with E-state index in [-0.39, 0.29) is 6.61 Å². The maximum Gasteiger partial charge on any atom is 0.178 e. The summed E-state index contributed by atoms with van der Waals surface area (Å²) in [7, 11) is 0. The molecule has 5 nitrogen and oxygen atoms in total. The summed E-state index contributed by atoms with van der Waals surface area (Å²) in [6.45, 7) is 3.45. The molecule has 3 aromatic rings. The third kappa shape index (κ3) is 5.44. The van der Waals surface area contributed by atoms with Gasteiger partial charge in [-0.25, -0.2) is 0 Å². The molecule has 0 aliphatic carbocycles. The highest BCUT2D eigenvalue weighted by molar-refractivity contribution is 5.47. The molecule has 2 unspecified atom stereocenters. The highest BCUT2D eigenvalue weighted by Gasteiger charge is 2.39. The molecule has 3 rings (SSSR count). The number of aliphatic hydroxyl groups is 3. The first-order chi connectivity index (χ1) is 15.5. The van der Waals surface area contributed by atoms with E-state index < -0.39 is 30.2 Å². The lowest BCUT2D eigenvalue weighted by molar-refractivity contribution is -0.195. The lowest BCUT2D eigenvalue weighted by atomic mass is 9.80. The van der Waals surface area contributed by atoms with Gasteiger partial charge in [-0.1, -0.05) is 97.9 Å². The molecule has 32 heavy (non-hydrogen) atoms. The zero-order valence-electron chi connectivity index (χ0n) is 18.5. The second-order valence-corrected chi connectivity index (χ2v) is 7.87. The van der Waals surface area contributed by atoms with Gasteiger partial charge in [-0.05, 0) is 30.0 Å². The molecule has 0 fully saturated rings. The second kappa shape index (κ2) is 11.4. The highest BCUT2D eigenvalue weighted by atomic mass is 16.6. The molecule has 3 atom stereocenters. The molecule has 0 radical (unpaired) electrons.